The lowest BCUT2D eigenvalue weighted by Gasteiger charge is -2.11. The van der Waals surface area contributed by atoms with E-state index in [1.165, 1.54) is 13.2 Å². The number of hydrogen-bond acceptors (Lipinski definition) is 5. The molecule has 0 unspecified atom stereocenters. The number of hydroxylamine groups is 2. The van der Waals surface area contributed by atoms with Gasteiger partial charge in [0.05, 0.1) is 19.8 Å². The molecule has 162 valence electrons. The van der Waals surface area contributed by atoms with Crippen LogP contribution in [-0.4, -0.2) is 55.5 Å². The maximum atomic E-state index is 11.7. The summed E-state index contributed by atoms with van der Waals surface area (Å²) in [5, 5.41) is 13.1. The SMILES string of the molecule is CCCCNC(=O)CCCCCOc1ccc(/C=C/C(=O)N(O)CCOC)cc1. The number of nitrogens with one attached hydrogen (secondary N) is 1. The molecule has 0 atom stereocenters. The fourth-order valence-corrected chi connectivity index (χ4v) is 2.46. The van der Waals surface area contributed by atoms with Gasteiger partial charge in [0.1, 0.15) is 5.75 Å². The van der Waals surface area contributed by atoms with Gasteiger partial charge in [-0.3, -0.25) is 14.8 Å². The minimum atomic E-state index is -0.499. The second-order valence-electron chi connectivity index (χ2n) is 6.72. The number of rotatable bonds is 15. The van der Waals surface area contributed by atoms with Gasteiger partial charge in [-0.15, -0.1) is 0 Å². The zero-order chi connectivity index (χ0) is 21.3. The molecule has 0 spiro atoms. The van der Waals surface area contributed by atoms with Gasteiger partial charge in [0, 0.05) is 26.2 Å². The number of carbonyl (C=O) groups is 2. The molecule has 1 rings (SSSR count). The average Bonchev–Trinajstić information content (AvgIpc) is 2.73. The molecule has 0 aliphatic carbocycles. The minimum Gasteiger partial charge on any atom is -0.494 e. The van der Waals surface area contributed by atoms with Crippen LogP contribution in [0.4, 0.5) is 0 Å². The maximum Gasteiger partial charge on any atom is 0.270 e. The molecule has 0 fully saturated rings. The average molecular weight is 407 g/mol. The Morgan fingerprint density at radius 2 is 1.86 bits per heavy atom. The number of amides is 2. The fraction of sp³-hybridized carbons (Fsp3) is 0.545. The van der Waals surface area contributed by atoms with E-state index in [1.807, 2.05) is 24.3 Å². The topological polar surface area (TPSA) is 88.1 Å². The lowest BCUT2D eigenvalue weighted by Crippen LogP contribution is -2.28. The van der Waals surface area contributed by atoms with Crippen LogP contribution >= 0.6 is 0 Å². The molecule has 0 radical (unpaired) electrons. The van der Waals surface area contributed by atoms with E-state index < -0.39 is 5.91 Å². The van der Waals surface area contributed by atoms with Crippen LogP contribution in [0.5, 0.6) is 5.75 Å². The first-order valence-electron chi connectivity index (χ1n) is 10.2. The van der Waals surface area contributed by atoms with Crippen molar-refractivity contribution in [2.45, 2.75) is 45.4 Å². The molecule has 1 aromatic rings. The summed E-state index contributed by atoms with van der Waals surface area (Å²) in [4.78, 5) is 23.3. The Morgan fingerprint density at radius 3 is 2.55 bits per heavy atom. The predicted octanol–water partition coefficient (Wildman–Crippen LogP) is 3.42. The van der Waals surface area contributed by atoms with E-state index in [4.69, 9.17) is 9.47 Å². The molecule has 0 aliphatic rings. The first-order valence-corrected chi connectivity index (χ1v) is 10.2. The molecule has 0 saturated carbocycles. The Morgan fingerprint density at radius 1 is 1.10 bits per heavy atom. The molecule has 2 amide bonds. The molecule has 0 bridgehead atoms. The van der Waals surface area contributed by atoms with Crippen LogP contribution in [0, 0.1) is 0 Å². The van der Waals surface area contributed by atoms with Crippen molar-refractivity contribution in [2.75, 3.05) is 33.4 Å². The number of carbonyl (C=O) groups excluding carboxylic acids is 2. The van der Waals surface area contributed by atoms with Gasteiger partial charge in [-0.1, -0.05) is 25.5 Å². The first-order chi connectivity index (χ1) is 14.1. The third-order valence-corrected chi connectivity index (χ3v) is 4.23. The largest absolute Gasteiger partial charge is 0.494 e. The number of hydrogen-bond donors (Lipinski definition) is 2. The number of unbranched alkanes of at least 4 members (excludes halogenated alkanes) is 3. The van der Waals surface area contributed by atoms with Crippen LogP contribution < -0.4 is 10.1 Å². The second-order valence-corrected chi connectivity index (χ2v) is 6.72. The normalized spacial score (nSPS) is 10.9. The summed E-state index contributed by atoms with van der Waals surface area (Å²) in [7, 11) is 1.51. The summed E-state index contributed by atoms with van der Waals surface area (Å²) in [6.45, 7) is 3.87. The third-order valence-electron chi connectivity index (χ3n) is 4.23. The van der Waals surface area contributed by atoms with Crippen LogP contribution in [0.1, 0.15) is 51.0 Å². The van der Waals surface area contributed by atoms with Crippen molar-refractivity contribution in [1.82, 2.24) is 10.4 Å². The van der Waals surface area contributed by atoms with Crippen molar-refractivity contribution < 1.29 is 24.3 Å². The Kier molecular flexibility index (Phi) is 13.2. The van der Waals surface area contributed by atoms with E-state index in [0.29, 0.717) is 18.1 Å². The van der Waals surface area contributed by atoms with E-state index in [2.05, 4.69) is 12.2 Å². The molecule has 0 heterocycles. The number of nitrogens with zero attached hydrogens (tertiary/aromatic N) is 1. The number of ether oxygens (including phenoxy) is 2. The number of methoxy groups -OCH3 is 1. The minimum absolute atomic E-state index is 0.121. The zero-order valence-corrected chi connectivity index (χ0v) is 17.6. The Hall–Kier alpha value is -2.38. The van der Waals surface area contributed by atoms with Gasteiger partial charge >= 0.3 is 0 Å². The molecule has 0 aliphatic heterocycles. The van der Waals surface area contributed by atoms with Crippen LogP contribution in [0.3, 0.4) is 0 Å². The van der Waals surface area contributed by atoms with Crippen molar-refractivity contribution in [3.8, 4) is 5.75 Å². The van der Waals surface area contributed by atoms with Gasteiger partial charge in [-0.2, -0.15) is 0 Å². The van der Waals surface area contributed by atoms with Crippen molar-refractivity contribution in [1.29, 1.82) is 0 Å². The van der Waals surface area contributed by atoms with Gasteiger partial charge in [-0.25, -0.2) is 5.06 Å². The smallest absolute Gasteiger partial charge is 0.270 e. The highest BCUT2D eigenvalue weighted by Gasteiger charge is 2.06. The number of benzene rings is 1. The van der Waals surface area contributed by atoms with E-state index >= 15 is 0 Å². The zero-order valence-electron chi connectivity index (χ0n) is 17.6. The molecule has 7 nitrogen and oxygen atoms in total. The standard InChI is InChI=1S/C22H34N2O5/c1-3-4-15-23-21(25)8-6-5-7-17-29-20-12-9-19(10-13-20)11-14-22(26)24(27)16-18-28-2/h9-14,27H,3-8,15-18H2,1-2H3,(H,23,25)/b14-11+. The molecule has 29 heavy (non-hydrogen) atoms. The molecular formula is C22H34N2O5. The molecule has 1 aromatic carbocycles. The van der Waals surface area contributed by atoms with Gasteiger partial charge in [0.15, 0.2) is 0 Å². The highest BCUT2D eigenvalue weighted by atomic mass is 16.5. The van der Waals surface area contributed by atoms with E-state index in [-0.39, 0.29) is 19.1 Å². The van der Waals surface area contributed by atoms with Gasteiger partial charge in [0.25, 0.3) is 5.91 Å². The van der Waals surface area contributed by atoms with Gasteiger partial charge < -0.3 is 14.8 Å². The van der Waals surface area contributed by atoms with Crippen molar-refractivity contribution in [3.05, 3.63) is 35.9 Å². The summed E-state index contributed by atoms with van der Waals surface area (Å²) in [6, 6.07) is 7.37. The quantitative estimate of drug-likeness (QED) is 0.202. The Labute approximate surface area is 173 Å². The summed E-state index contributed by atoms with van der Waals surface area (Å²) >= 11 is 0. The summed E-state index contributed by atoms with van der Waals surface area (Å²) in [6.07, 6.45) is 8.34. The monoisotopic (exact) mass is 406 g/mol. The van der Waals surface area contributed by atoms with E-state index in [1.54, 1.807) is 6.08 Å². The molecule has 0 saturated heterocycles. The summed E-state index contributed by atoms with van der Waals surface area (Å²) < 4.78 is 10.5. The maximum absolute atomic E-state index is 11.7. The third kappa shape index (κ3) is 11.9. The lowest BCUT2D eigenvalue weighted by atomic mass is 10.2. The van der Waals surface area contributed by atoms with Crippen molar-refractivity contribution in [2.24, 2.45) is 0 Å². The Bertz CT molecular complexity index is 616. The lowest BCUT2D eigenvalue weighted by molar-refractivity contribution is -0.161. The van der Waals surface area contributed by atoms with Crippen molar-refractivity contribution >= 4 is 17.9 Å². The molecule has 0 aromatic heterocycles. The predicted molar refractivity (Wildman–Crippen MR) is 113 cm³/mol. The summed E-state index contributed by atoms with van der Waals surface area (Å²) in [5.41, 5.74) is 0.833. The fourth-order valence-electron chi connectivity index (χ4n) is 2.46. The summed E-state index contributed by atoms with van der Waals surface area (Å²) in [5.74, 6) is 0.389. The highest BCUT2D eigenvalue weighted by Crippen LogP contribution is 2.14. The van der Waals surface area contributed by atoms with Crippen molar-refractivity contribution in [3.63, 3.8) is 0 Å². The van der Waals surface area contributed by atoms with Crippen LogP contribution in [0.25, 0.3) is 6.08 Å². The molecule has 7 heteroatoms. The highest BCUT2D eigenvalue weighted by molar-refractivity contribution is 5.90. The van der Waals surface area contributed by atoms with Gasteiger partial charge in [-0.05, 0) is 49.5 Å². The van der Waals surface area contributed by atoms with Crippen LogP contribution in [-0.2, 0) is 14.3 Å². The second kappa shape index (κ2) is 15.5. The van der Waals surface area contributed by atoms with Gasteiger partial charge in [0.2, 0.25) is 5.91 Å². The molecule has 2 N–H and O–H groups in total. The molecular weight excluding hydrogens is 372 g/mol. The van der Waals surface area contributed by atoms with E-state index in [9.17, 15) is 14.8 Å². The van der Waals surface area contributed by atoms with Crippen LogP contribution in [0.2, 0.25) is 0 Å². The Balaban J connectivity index is 2.20. The van der Waals surface area contributed by atoms with Crippen LogP contribution in [0.15, 0.2) is 30.3 Å². The first kappa shape index (κ1) is 24.7. The van der Waals surface area contributed by atoms with E-state index in [0.717, 1.165) is 50.0 Å².